The van der Waals surface area contributed by atoms with Crippen molar-refractivity contribution in [3.63, 3.8) is 0 Å². The Labute approximate surface area is 142 Å². The minimum Gasteiger partial charge on any atom is -0.399 e. The van der Waals surface area contributed by atoms with Gasteiger partial charge in [0.25, 0.3) is 5.91 Å². The van der Waals surface area contributed by atoms with Gasteiger partial charge in [0.15, 0.2) is 0 Å². The number of carbonyl (C=O) groups excluding carboxylic acids is 1. The van der Waals surface area contributed by atoms with E-state index in [1.165, 1.54) is 24.9 Å². The third-order valence-corrected chi connectivity index (χ3v) is 4.17. The Bertz CT molecular complexity index is 701. The van der Waals surface area contributed by atoms with Gasteiger partial charge in [-0.3, -0.25) is 4.79 Å². The van der Waals surface area contributed by atoms with Crippen molar-refractivity contribution in [2.75, 3.05) is 23.7 Å². The highest BCUT2D eigenvalue weighted by atomic mass is 16.2. The Morgan fingerprint density at radius 2 is 1.67 bits per heavy atom. The zero-order chi connectivity index (χ0) is 16.8. The molecule has 2 aromatic rings. The van der Waals surface area contributed by atoms with Crippen LogP contribution in [0.15, 0.2) is 53.6 Å². The molecule has 0 radical (unpaired) electrons. The van der Waals surface area contributed by atoms with Crippen LogP contribution < -0.4 is 16.1 Å². The first-order valence-electron chi connectivity index (χ1n) is 8.26. The molecule has 24 heavy (non-hydrogen) atoms. The second kappa shape index (κ2) is 7.64. The Morgan fingerprint density at radius 3 is 2.33 bits per heavy atom. The molecule has 124 valence electrons. The van der Waals surface area contributed by atoms with Crippen LogP contribution >= 0.6 is 0 Å². The van der Waals surface area contributed by atoms with E-state index in [9.17, 15) is 4.79 Å². The van der Waals surface area contributed by atoms with Crippen LogP contribution in [0.25, 0.3) is 0 Å². The van der Waals surface area contributed by atoms with E-state index in [1.807, 2.05) is 12.1 Å². The zero-order valence-corrected chi connectivity index (χ0v) is 13.6. The average molecular weight is 322 g/mol. The summed E-state index contributed by atoms with van der Waals surface area (Å²) >= 11 is 0. The van der Waals surface area contributed by atoms with E-state index in [2.05, 4.69) is 27.6 Å². The summed E-state index contributed by atoms with van der Waals surface area (Å²) in [6.45, 7) is 2.26. The highest BCUT2D eigenvalue weighted by Gasteiger charge is 2.10. The third-order valence-electron chi connectivity index (χ3n) is 4.17. The molecule has 1 aliphatic rings. The molecule has 1 aliphatic heterocycles. The van der Waals surface area contributed by atoms with Crippen molar-refractivity contribution in [2.24, 2.45) is 5.10 Å². The molecule has 5 heteroatoms. The number of piperidine rings is 1. The van der Waals surface area contributed by atoms with E-state index in [0.29, 0.717) is 11.3 Å². The second-order valence-corrected chi connectivity index (χ2v) is 5.96. The molecule has 1 saturated heterocycles. The summed E-state index contributed by atoms with van der Waals surface area (Å²) in [6, 6.07) is 15.0. The lowest BCUT2D eigenvalue weighted by molar-refractivity contribution is 0.0955. The van der Waals surface area contributed by atoms with Gasteiger partial charge in [0.1, 0.15) is 0 Å². The summed E-state index contributed by atoms with van der Waals surface area (Å²) < 4.78 is 0. The van der Waals surface area contributed by atoms with Crippen LogP contribution in [0, 0.1) is 0 Å². The molecule has 0 atom stereocenters. The fraction of sp³-hybridized carbons (Fsp3) is 0.263. The van der Waals surface area contributed by atoms with E-state index in [1.54, 1.807) is 30.5 Å². The van der Waals surface area contributed by atoms with Gasteiger partial charge in [-0.25, -0.2) is 5.43 Å². The molecule has 0 bridgehead atoms. The van der Waals surface area contributed by atoms with E-state index in [0.717, 1.165) is 18.7 Å². The summed E-state index contributed by atoms with van der Waals surface area (Å²) in [7, 11) is 0. The number of hydrogen-bond acceptors (Lipinski definition) is 4. The quantitative estimate of drug-likeness (QED) is 0.516. The predicted molar refractivity (Wildman–Crippen MR) is 98.4 cm³/mol. The first-order chi connectivity index (χ1) is 11.7. The van der Waals surface area contributed by atoms with E-state index >= 15 is 0 Å². The lowest BCUT2D eigenvalue weighted by atomic mass is 10.1. The molecule has 0 saturated carbocycles. The molecule has 5 nitrogen and oxygen atoms in total. The standard InChI is InChI=1S/C19H22N4O/c20-17-8-6-16(7-9-17)19(24)22-21-14-15-4-10-18(11-5-15)23-12-2-1-3-13-23/h4-11,14H,1-3,12-13,20H2,(H,22,24)/b21-14-. The summed E-state index contributed by atoms with van der Waals surface area (Å²) in [5.74, 6) is -0.254. The molecular weight excluding hydrogens is 300 g/mol. The number of rotatable bonds is 4. The largest absolute Gasteiger partial charge is 0.399 e. The number of anilines is 2. The van der Waals surface area contributed by atoms with Crippen molar-refractivity contribution < 1.29 is 4.79 Å². The van der Waals surface area contributed by atoms with Crippen molar-refractivity contribution >= 4 is 23.5 Å². The van der Waals surface area contributed by atoms with E-state index in [-0.39, 0.29) is 5.91 Å². The second-order valence-electron chi connectivity index (χ2n) is 5.96. The van der Waals surface area contributed by atoms with Crippen LogP contribution in [0.4, 0.5) is 11.4 Å². The van der Waals surface area contributed by atoms with Crippen LogP contribution in [0.1, 0.15) is 35.2 Å². The van der Waals surface area contributed by atoms with Gasteiger partial charge in [0.2, 0.25) is 0 Å². The van der Waals surface area contributed by atoms with Gasteiger partial charge in [-0.15, -0.1) is 0 Å². The molecule has 3 N–H and O–H groups in total. The highest BCUT2D eigenvalue weighted by Crippen LogP contribution is 2.19. The fourth-order valence-electron chi connectivity index (χ4n) is 2.79. The maximum absolute atomic E-state index is 11.9. The predicted octanol–water partition coefficient (Wildman–Crippen LogP) is 3.02. The number of amides is 1. The maximum atomic E-state index is 11.9. The Hall–Kier alpha value is -2.82. The molecule has 0 aliphatic carbocycles. The topological polar surface area (TPSA) is 70.7 Å². The van der Waals surface area contributed by atoms with Crippen molar-refractivity contribution in [2.45, 2.75) is 19.3 Å². The van der Waals surface area contributed by atoms with E-state index in [4.69, 9.17) is 5.73 Å². The number of hydrazone groups is 1. The molecule has 1 fully saturated rings. The minimum absolute atomic E-state index is 0.254. The van der Waals surface area contributed by atoms with Crippen LogP contribution in [0.3, 0.4) is 0 Å². The SMILES string of the molecule is Nc1ccc(C(=O)N/N=C\c2ccc(N3CCCCC3)cc2)cc1. The van der Waals surface area contributed by atoms with E-state index < -0.39 is 0 Å². The summed E-state index contributed by atoms with van der Waals surface area (Å²) in [5.41, 5.74) is 11.5. The van der Waals surface area contributed by atoms with Crippen molar-refractivity contribution in [1.29, 1.82) is 0 Å². The number of benzene rings is 2. The molecule has 0 spiro atoms. The number of carbonyl (C=O) groups is 1. The molecule has 2 aromatic carbocycles. The van der Waals surface area contributed by atoms with Gasteiger partial charge >= 0.3 is 0 Å². The molecule has 0 aromatic heterocycles. The van der Waals surface area contributed by atoms with Crippen molar-refractivity contribution in [3.05, 3.63) is 59.7 Å². The van der Waals surface area contributed by atoms with Crippen LogP contribution in [0.5, 0.6) is 0 Å². The van der Waals surface area contributed by atoms with Gasteiger partial charge in [-0.1, -0.05) is 12.1 Å². The van der Waals surface area contributed by atoms with Gasteiger partial charge in [-0.05, 0) is 61.2 Å². The molecule has 1 amide bonds. The smallest absolute Gasteiger partial charge is 0.271 e. The van der Waals surface area contributed by atoms with Gasteiger partial charge in [0, 0.05) is 30.0 Å². The van der Waals surface area contributed by atoms with Crippen LogP contribution in [0.2, 0.25) is 0 Å². The normalized spacial score (nSPS) is 14.8. The number of hydrogen-bond donors (Lipinski definition) is 2. The zero-order valence-electron chi connectivity index (χ0n) is 13.6. The summed E-state index contributed by atoms with van der Waals surface area (Å²) in [5, 5.41) is 4.01. The highest BCUT2D eigenvalue weighted by molar-refractivity contribution is 5.95. The number of nitrogens with zero attached hydrogens (tertiary/aromatic N) is 2. The Morgan fingerprint density at radius 1 is 1.00 bits per heavy atom. The fourth-order valence-corrected chi connectivity index (χ4v) is 2.79. The Kier molecular flexibility index (Phi) is 5.11. The molecule has 0 unspecified atom stereocenters. The first-order valence-corrected chi connectivity index (χ1v) is 8.26. The van der Waals surface area contributed by atoms with Gasteiger partial charge in [-0.2, -0.15) is 5.10 Å². The maximum Gasteiger partial charge on any atom is 0.271 e. The molecule has 1 heterocycles. The van der Waals surface area contributed by atoms with Crippen LogP contribution in [-0.2, 0) is 0 Å². The van der Waals surface area contributed by atoms with Crippen molar-refractivity contribution in [3.8, 4) is 0 Å². The van der Waals surface area contributed by atoms with Gasteiger partial charge < -0.3 is 10.6 Å². The minimum atomic E-state index is -0.254. The van der Waals surface area contributed by atoms with Gasteiger partial charge in [0.05, 0.1) is 6.21 Å². The van der Waals surface area contributed by atoms with Crippen molar-refractivity contribution in [1.82, 2.24) is 5.43 Å². The lowest BCUT2D eigenvalue weighted by Crippen LogP contribution is -2.29. The summed E-state index contributed by atoms with van der Waals surface area (Å²) in [6.07, 6.45) is 5.50. The molecular formula is C19H22N4O. The van der Waals surface area contributed by atoms with Crippen LogP contribution in [-0.4, -0.2) is 25.2 Å². The Balaban J connectivity index is 1.56. The number of nitrogen functional groups attached to an aromatic ring is 1. The molecule has 3 rings (SSSR count). The lowest BCUT2D eigenvalue weighted by Gasteiger charge is -2.28. The summed E-state index contributed by atoms with van der Waals surface area (Å²) in [4.78, 5) is 14.3. The number of nitrogens with one attached hydrogen (secondary N) is 1. The number of nitrogens with two attached hydrogens (primary N) is 1. The third kappa shape index (κ3) is 4.13. The monoisotopic (exact) mass is 322 g/mol. The first kappa shape index (κ1) is 16.1. The average Bonchev–Trinajstić information content (AvgIpc) is 2.63.